The van der Waals surface area contributed by atoms with Crippen LogP contribution in [0.15, 0.2) is 24.3 Å². The van der Waals surface area contributed by atoms with Gasteiger partial charge in [0, 0.05) is 24.7 Å². The van der Waals surface area contributed by atoms with Crippen LogP contribution in [0.4, 0.5) is 5.69 Å². The van der Waals surface area contributed by atoms with Crippen molar-refractivity contribution < 1.29 is 14.8 Å². The van der Waals surface area contributed by atoms with Crippen LogP contribution in [0.2, 0.25) is 0 Å². The van der Waals surface area contributed by atoms with Crippen LogP contribution in [0.3, 0.4) is 0 Å². The number of carboxylic acid groups (broad SMARTS) is 1. The first-order valence-electron chi connectivity index (χ1n) is 7.78. The highest BCUT2D eigenvalue weighted by Crippen LogP contribution is 2.40. The number of carbonyl (C=O) groups is 1. The maximum Gasteiger partial charge on any atom is 0.320 e. The van der Waals surface area contributed by atoms with Crippen molar-refractivity contribution in [2.75, 3.05) is 0 Å². The summed E-state index contributed by atoms with van der Waals surface area (Å²) >= 11 is 0. The quantitative estimate of drug-likeness (QED) is 0.683. The number of non-ortho nitro benzene ring substituents is 1. The zero-order valence-corrected chi connectivity index (χ0v) is 12.4. The lowest BCUT2D eigenvalue weighted by atomic mass is 9.84. The molecule has 1 saturated heterocycles. The lowest BCUT2D eigenvalue weighted by Crippen LogP contribution is -2.41. The van der Waals surface area contributed by atoms with Crippen LogP contribution >= 0.6 is 0 Å². The smallest absolute Gasteiger partial charge is 0.320 e. The number of nitrogens with zero attached hydrogens (tertiary/aromatic N) is 2. The molecular weight excluding hydrogens is 284 g/mol. The molecule has 6 heteroatoms. The lowest BCUT2D eigenvalue weighted by Gasteiger charge is -2.32. The maximum atomic E-state index is 11.6. The average Bonchev–Trinajstić information content (AvgIpc) is 2.87. The molecule has 1 aromatic carbocycles. The van der Waals surface area contributed by atoms with Crippen LogP contribution in [0, 0.1) is 16.0 Å². The van der Waals surface area contributed by atoms with Gasteiger partial charge in [-0.15, -0.1) is 0 Å². The first kappa shape index (κ1) is 15.0. The summed E-state index contributed by atoms with van der Waals surface area (Å²) < 4.78 is 0. The third-order valence-electron chi connectivity index (χ3n) is 4.99. The first-order valence-corrected chi connectivity index (χ1v) is 7.78. The van der Waals surface area contributed by atoms with Gasteiger partial charge in [0.2, 0.25) is 0 Å². The third-order valence-corrected chi connectivity index (χ3v) is 4.99. The van der Waals surface area contributed by atoms with Crippen molar-refractivity contribution in [1.29, 1.82) is 0 Å². The summed E-state index contributed by atoms with van der Waals surface area (Å²) in [5, 5.41) is 20.4. The Bertz CT molecular complexity index is 589. The summed E-state index contributed by atoms with van der Waals surface area (Å²) in [4.78, 5) is 24.1. The van der Waals surface area contributed by atoms with E-state index in [2.05, 4.69) is 0 Å². The van der Waals surface area contributed by atoms with Crippen molar-refractivity contribution in [3.8, 4) is 0 Å². The number of hydrogen-bond donors (Lipinski definition) is 1. The van der Waals surface area contributed by atoms with E-state index in [4.69, 9.17) is 0 Å². The van der Waals surface area contributed by atoms with Crippen LogP contribution in [-0.4, -0.2) is 33.0 Å². The molecule has 1 saturated carbocycles. The molecule has 1 N–H and O–H groups in total. The van der Waals surface area contributed by atoms with Gasteiger partial charge < -0.3 is 5.11 Å². The molecule has 1 aliphatic heterocycles. The fourth-order valence-corrected chi connectivity index (χ4v) is 4.00. The molecule has 0 radical (unpaired) electrons. The molecule has 1 heterocycles. The zero-order valence-electron chi connectivity index (χ0n) is 12.4. The normalized spacial score (nSPS) is 28.3. The Morgan fingerprint density at radius 2 is 2.14 bits per heavy atom. The molecule has 3 unspecified atom stereocenters. The predicted octanol–water partition coefficient (Wildman–Crippen LogP) is 2.81. The molecule has 22 heavy (non-hydrogen) atoms. The molecule has 1 aliphatic carbocycles. The highest BCUT2D eigenvalue weighted by atomic mass is 16.6. The van der Waals surface area contributed by atoms with Gasteiger partial charge in [-0.05, 0) is 30.7 Å². The van der Waals surface area contributed by atoms with Crippen LogP contribution in [0.1, 0.15) is 37.7 Å². The third kappa shape index (κ3) is 2.83. The molecule has 3 rings (SSSR count). The molecule has 6 nitrogen and oxygen atoms in total. The summed E-state index contributed by atoms with van der Waals surface area (Å²) in [7, 11) is 0. The molecular formula is C16H20N2O4. The Morgan fingerprint density at radius 3 is 2.86 bits per heavy atom. The van der Waals surface area contributed by atoms with Crippen LogP contribution in [-0.2, 0) is 11.3 Å². The fourth-order valence-electron chi connectivity index (χ4n) is 4.00. The number of aliphatic carboxylic acids is 1. The SMILES string of the molecule is O=C(O)C1CC2CCCCC2N1Cc1cccc([N+](=O)[O-])c1. The van der Waals surface area contributed by atoms with Crippen molar-refractivity contribution in [2.45, 2.75) is 50.7 Å². The minimum absolute atomic E-state index is 0.0590. The number of likely N-dealkylation sites (tertiary alicyclic amines) is 1. The summed E-state index contributed by atoms with van der Waals surface area (Å²) in [5.74, 6) is -0.326. The molecule has 0 spiro atoms. The van der Waals surface area contributed by atoms with Gasteiger partial charge in [-0.25, -0.2) is 0 Å². The van der Waals surface area contributed by atoms with Gasteiger partial charge in [-0.2, -0.15) is 0 Å². The van der Waals surface area contributed by atoms with Gasteiger partial charge >= 0.3 is 5.97 Å². The molecule has 0 amide bonds. The molecule has 0 aromatic heterocycles. The van der Waals surface area contributed by atoms with Crippen molar-refractivity contribution in [3.63, 3.8) is 0 Å². The van der Waals surface area contributed by atoms with Crippen molar-refractivity contribution in [2.24, 2.45) is 5.92 Å². The van der Waals surface area contributed by atoms with Gasteiger partial charge in [-0.3, -0.25) is 19.8 Å². The van der Waals surface area contributed by atoms with E-state index < -0.39 is 16.9 Å². The number of nitro groups is 1. The topological polar surface area (TPSA) is 83.7 Å². The van der Waals surface area contributed by atoms with Gasteiger partial charge in [0.1, 0.15) is 6.04 Å². The van der Waals surface area contributed by atoms with Gasteiger partial charge in [-0.1, -0.05) is 25.0 Å². The van der Waals surface area contributed by atoms with E-state index in [0.717, 1.165) is 24.8 Å². The van der Waals surface area contributed by atoms with E-state index in [-0.39, 0.29) is 5.69 Å². The second-order valence-corrected chi connectivity index (χ2v) is 6.30. The highest BCUT2D eigenvalue weighted by molar-refractivity contribution is 5.74. The number of fused-ring (bicyclic) bond motifs is 1. The molecule has 118 valence electrons. The highest BCUT2D eigenvalue weighted by Gasteiger charge is 2.44. The second-order valence-electron chi connectivity index (χ2n) is 6.30. The summed E-state index contributed by atoms with van der Waals surface area (Å²) in [6, 6.07) is 6.35. The molecule has 0 bridgehead atoms. The summed E-state index contributed by atoms with van der Waals surface area (Å²) in [5.41, 5.74) is 0.871. The number of benzene rings is 1. The Hall–Kier alpha value is -1.95. The minimum Gasteiger partial charge on any atom is -0.480 e. The molecule has 2 fully saturated rings. The van der Waals surface area contributed by atoms with Crippen LogP contribution in [0.5, 0.6) is 0 Å². The van der Waals surface area contributed by atoms with Crippen molar-refractivity contribution in [1.82, 2.24) is 4.90 Å². The largest absolute Gasteiger partial charge is 0.480 e. The predicted molar refractivity (Wildman–Crippen MR) is 80.4 cm³/mol. The second kappa shape index (κ2) is 6.04. The lowest BCUT2D eigenvalue weighted by molar-refractivity contribution is -0.384. The van der Waals surface area contributed by atoms with E-state index in [1.807, 2.05) is 11.0 Å². The van der Waals surface area contributed by atoms with Gasteiger partial charge in [0.15, 0.2) is 0 Å². The maximum absolute atomic E-state index is 11.6. The zero-order chi connectivity index (χ0) is 15.7. The Balaban J connectivity index is 1.83. The van der Waals surface area contributed by atoms with Crippen LogP contribution in [0.25, 0.3) is 0 Å². The van der Waals surface area contributed by atoms with Gasteiger partial charge in [0.25, 0.3) is 5.69 Å². The first-order chi connectivity index (χ1) is 10.6. The van der Waals surface area contributed by atoms with Crippen LogP contribution < -0.4 is 0 Å². The Kier molecular flexibility index (Phi) is 4.11. The van der Waals surface area contributed by atoms with E-state index in [1.165, 1.54) is 12.5 Å². The fraction of sp³-hybridized carbons (Fsp3) is 0.562. The van der Waals surface area contributed by atoms with Crippen molar-refractivity contribution in [3.05, 3.63) is 39.9 Å². The minimum atomic E-state index is -0.778. The summed E-state index contributed by atoms with van der Waals surface area (Å²) in [6.45, 7) is 0.472. The average molecular weight is 304 g/mol. The van der Waals surface area contributed by atoms with Gasteiger partial charge in [0.05, 0.1) is 4.92 Å². The van der Waals surface area contributed by atoms with Crippen molar-refractivity contribution >= 4 is 11.7 Å². The van der Waals surface area contributed by atoms with E-state index in [9.17, 15) is 20.0 Å². The Morgan fingerprint density at radius 1 is 1.36 bits per heavy atom. The molecule has 1 aromatic rings. The van der Waals surface area contributed by atoms with E-state index in [1.54, 1.807) is 12.1 Å². The number of hydrogen-bond acceptors (Lipinski definition) is 4. The number of rotatable bonds is 4. The number of carboxylic acids is 1. The van der Waals surface area contributed by atoms with E-state index >= 15 is 0 Å². The monoisotopic (exact) mass is 304 g/mol. The molecule has 2 aliphatic rings. The molecule has 3 atom stereocenters. The van der Waals surface area contributed by atoms with E-state index in [0.29, 0.717) is 24.9 Å². The summed E-state index contributed by atoms with van der Waals surface area (Å²) in [6.07, 6.45) is 5.15. The standard InChI is InChI=1S/C16H20N2O4/c19-16(20)15-9-12-5-1-2-7-14(12)17(15)10-11-4-3-6-13(8-11)18(21)22/h3-4,6,8,12,14-15H,1-2,5,7,9-10H2,(H,19,20). The number of nitro benzene ring substituents is 1. The Labute approximate surface area is 128 Å².